The van der Waals surface area contributed by atoms with Gasteiger partial charge in [0.2, 0.25) is 5.91 Å². The molecule has 1 aromatic rings. The van der Waals surface area contributed by atoms with Crippen molar-refractivity contribution in [3.05, 3.63) is 34.9 Å². The second-order valence-corrected chi connectivity index (χ2v) is 13.4. The molecule has 9 heteroatoms. The summed E-state index contributed by atoms with van der Waals surface area (Å²) >= 11 is 6.10. The molecule has 2 saturated heterocycles. The fourth-order valence-electron chi connectivity index (χ4n) is 7.05. The number of hydrogen-bond donors (Lipinski definition) is 1. The predicted molar refractivity (Wildman–Crippen MR) is 162 cm³/mol. The number of halogens is 1. The number of rotatable bonds is 8. The highest BCUT2D eigenvalue weighted by Gasteiger charge is 2.48. The Kier molecular flexibility index (Phi) is 10.5. The van der Waals surface area contributed by atoms with Crippen molar-refractivity contribution in [1.82, 2.24) is 20.0 Å². The van der Waals surface area contributed by atoms with Gasteiger partial charge in [0.25, 0.3) is 0 Å². The normalized spacial score (nSPS) is 23.6. The lowest BCUT2D eigenvalue weighted by Crippen LogP contribution is -2.61. The number of carbonyl (C=O) groups is 3. The average molecular weight is 589 g/mol. The number of nitrogens with one attached hydrogen (secondary N) is 1. The standard InChI is InChI=1S/C32H49ClN4O4/c1-6-35(7-2)31(40)37(24-11-9-8-10-12-24)27-20-25-17-18-26(21-27)36(25)29(38)28(34-30(39)41-32(3,4)5)19-22-13-15-23(33)16-14-22/h13-16,24-28H,6-12,17-21H2,1-5H3,(H,34,39)/t25?,26?,27?,28-/m1/s1. The average Bonchev–Trinajstić information content (AvgIpc) is 3.19. The van der Waals surface area contributed by atoms with Crippen molar-refractivity contribution < 1.29 is 19.1 Å². The van der Waals surface area contributed by atoms with E-state index in [1.54, 1.807) is 12.1 Å². The first-order chi connectivity index (χ1) is 19.5. The van der Waals surface area contributed by atoms with Gasteiger partial charge in [-0.25, -0.2) is 9.59 Å². The van der Waals surface area contributed by atoms with Gasteiger partial charge in [-0.15, -0.1) is 0 Å². The number of benzene rings is 1. The molecule has 1 N–H and O–H groups in total. The molecule has 4 amide bonds. The van der Waals surface area contributed by atoms with Crippen molar-refractivity contribution >= 4 is 29.6 Å². The number of piperidine rings is 1. The molecular weight excluding hydrogens is 540 g/mol. The topological polar surface area (TPSA) is 82.2 Å². The molecule has 0 aromatic heterocycles. The van der Waals surface area contributed by atoms with Crippen LogP contribution in [0.25, 0.3) is 0 Å². The van der Waals surface area contributed by atoms with E-state index in [-0.39, 0.29) is 36.1 Å². The fourth-order valence-corrected chi connectivity index (χ4v) is 7.17. The maximum absolute atomic E-state index is 14.2. The Morgan fingerprint density at radius 1 is 0.951 bits per heavy atom. The van der Waals surface area contributed by atoms with Gasteiger partial charge in [-0.3, -0.25) is 4.79 Å². The van der Waals surface area contributed by atoms with Crippen LogP contribution in [0.4, 0.5) is 9.59 Å². The molecule has 1 aliphatic carbocycles. The second-order valence-electron chi connectivity index (χ2n) is 12.9. The van der Waals surface area contributed by atoms with E-state index >= 15 is 0 Å². The summed E-state index contributed by atoms with van der Waals surface area (Å²) < 4.78 is 5.53. The summed E-state index contributed by atoms with van der Waals surface area (Å²) in [6.07, 6.45) is 8.85. The Hall–Kier alpha value is -2.48. The summed E-state index contributed by atoms with van der Waals surface area (Å²) in [6, 6.07) is 7.28. The van der Waals surface area contributed by atoms with Gasteiger partial charge in [0.1, 0.15) is 11.6 Å². The highest BCUT2D eigenvalue weighted by Crippen LogP contribution is 2.40. The SMILES string of the molecule is CCN(CC)C(=O)N(C1CCCCC1)C1CC2CCC(C1)N2C(=O)[C@@H](Cc1ccc(Cl)cc1)NC(=O)OC(C)(C)C. The number of alkyl carbamates (subject to hydrolysis) is 1. The van der Waals surface area contributed by atoms with Crippen LogP contribution in [0.1, 0.15) is 98.0 Å². The van der Waals surface area contributed by atoms with Crippen molar-refractivity contribution in [2.24, 2.45) is 0 Å². The molecule has 2 unspecified atom stereocenters. The number of nitrogens with zero attached hydrogens (tertiary/aromatic N) is 3. The smallest absolute Gasteiger partial charge is 0.408 e. The Bertz CT molecular complexity index is 1030. The summed E-state index contributed by atoms with van der Waals surface area (Å²) in [7, 11) is 0. The lowest BCUT2D eigenvalue weighted by Gasteiger charge is -2.48. The third kappa shape index (κ3) is 7.88. The minimum absolute atomic E-state index is 0.0509. The summed E-state index contributed by atoms with van der Waals surface area (Å²) in [4.78, 5) is 47.0. The van der Waals surface area contributed by atoms with Crippen LogP contribution in [-0.2, 0) is 16.0 Å². The van der Waals surface area contributed by atoms with Gasteiger partial charge < -0.3 is 24.8 Å². The fraction of sp³-hybridized carbons (Fsp3) is 0.719. The van der Waals surface area contributed by atoms with Crippen LogP contribution in [0.5, 0.6) is 0 Å². The van der Waals surface area contributed by atoms with E-state index in [1.165, 1.54) is 19.3 Å². The van der Waals surface area contributed by atoms with Crippen LogP contribution in [0.3, 0.4) is 0 Å². The number of hydrogen-bond acceptors (Lipinski definition) is 4. The molecule has 2 bridgehead atoms. The number of fused-ring (bicyclic) bond motifs is 2. The molecule has 0 radical (unpaired) electrons. The summed E-state index contributed by atoms with van der Waals surface area (Å²) in [5.41, 5.74) is 0.245. The van der Waals surface area contributed by atoms with Gasteiger partial charge in [0, 0.05) is 48.7 Å². The third-order valence-corrected chi connectivity index (χ3v) is 9.17. The molecule has 3 atom stereocenters. The van der Waals surface area contributed by atoms with Crippen LogP contribution in [-0.4, -0.2) is 81.6 Å². The third-order valence-electron chi connectivity index (χ3n) is 8.92. The molecule has 4 rings (SSSR count). The minimum atomic E-state index is -0.752. The molecule has 1 aromatic carbocycles. The number of urea groups is 1. The molecule has 1 saturated carbocycles. The molecule has 3 fully saturated rings. The monoisotopic (exact) mass is 588 g/mol. The Labute approximate surface area is 251 Å². The number of ether oxygens (including phenoxy) is 1. The molecule has 41 heavy (non-hydrogen) atoms. The van der Waals surface area contributed by atoms with Crippen LogP contribution < -0.4 is 5.32 Å². The zero-order valence-electron chi connectivity index (χ0n) is 25.5. The first-order valence-corrected chi connectivity index (χ1v) is 16.0. The van der Waals surface area contributed by atoms with Crippen molar-refractivity contribution in [3.8, 4) is 0 Å². The van der Waals surface area contributed by atoms with Gasteiger partial charge in [-0.2, -0.15) is 0 Å². The Morgan fingerprint density at radius 3 is 2.07 bits per heavy atom. The van der Waals surface area contributed by atoms with Crippen LogP contribution in [0.15, 0.2) is 24.3 Å². The van der Waals surface area contributed by atoms with Crippen molar-refractivity contribution in [2.75, 3.05) is 13.1 Å². The molecule has 0 spiro atoms. The summed E-state index contributed by atoms with van der Waals surface area (Å²) in [5, 5.41) is 3.50. The lowest BCUT2D eigenvalue weighted by molar-refractivity contribution is -0.139. The van der Waals surface area contributed by atoms with E-state index in [1.807, 2.05) is 56.6 Å². The van der Waals surface area contributed by atoms with Crippen LogP contribution in [0.2, 0.25) is 5.02 Å². The molecular formula is C32H49ClN4O4. The van der Waals surface area contributed by atoms with Crippen molar-refractivity contribution in [2.45, 2.75) is 135 Å². The highest BCUT2D eigenvalue weighted by atomic mass is 35.5. The zero-order valence-corrected chi connectivity index (χ0v) is 26.3. The molecule has 228 valence electrons. The summed E-state index contributed by atoms with van der Waals surface area (Å²) in [6.45, 7) is 10.9. The van der Waals surface area contributed by atoms with E-state index in [9.17, 15) is 14.4 Å². The predicted octanol–water partition coefficient (Wildman–Crippen LogP) is 6.39. The molecule has 2 heterocycles. The number of carbonyl (C=O) groups excluding carboxylic acids is 3. The van der Waals surface area contributed by atoms with Crippen molar-refractivity contribution in [3.63, 3.8) is 0 Å². The highest BCUT2D eigenvalue weighted by molar-refractivity contribution is 6.30. The van der Waals surface area contributed by atoms with Crippen LogP contribution >= 0.6 is 11.6 Å². The maximum atomic E-state index is 14.2. The van der Waals surface area contributed by atoms with Gasteiger partial charge in [0.15, 0.2) is 0 Å². The Balaban J connectivity index is 1.54. The van der Waals surface area contributed by atoms with E-state index in [0.29, 0.717) is 24.5 Å². The first kappa shape index (κ1) is 31.5. The maximum Gasteiger partial charge on any atom is 0.408 e. The van der Waals surface area contributed by atoms with Crippen LogP contribution in [0, 0.1) is 0 Å². The molecule has 8 nitrogen and oxygen atoms in total. The summed E-state index contributed by atoms with van der Waals surface area (Å²) in [5.74, 6) is -0.0731. The van der Waals surface area contributed by atoms with Gasteiger partial charge in [0.05, 0.1) is 0 Å². The quantitative estimate of drug-likeness (QED) is 0.381. The molecule has 2 aliphatic heterocycles. The van der Waals surface area contributed by atoms with E-state index < -0.39 is 17.7 Å². The van der Waals surface area contributed by atoms with Gasteiger partial charge in [-0.1, -0.05) is 43.0 Å². The molecule has 3 aliphatic rings. The largest absolute Gasteiger partial charge is 0.444 e. The van der Waals surface area contributed by atoms with E-state index in [4.69, 9.17) is 16.3 Å². The minimum Gasteiger partial charge on any atom is -0.444 e. The number of amides is 4. The zero-order chi connectivity index (χ0) is 29.7. The Morgan fingerprint density at radius 2 is 1.54 bits per heavy atom. The lowest BCUT2D eigenvalue weighted by atomic mass is 9.89. The van der Waals surface area contributed by atoms with Gasteiger partial charge >= 0.3 is 12.1 Å². The van der Waals surface area contributed by atoms with Gasteiger partial charge in [-0.05, 0) is 90.8 Å². The van der Waals surface area contributed by atoms with E-state index in [2.05, 4.69) is 10.2 Å². The van der Waals surface area contributed by atoms with Crippen molar-refractivity contribution in [1.29, 1.82) is 0 Å². The first-order valence-electron chi connectivity index (χ1n) is 15.6. The van der Waals surface area contributed by atoms with E-state index in [0.717, 1.165) is 44.1 Å². The second kappa shape index (κ2) is 13.7.